The number of benzene rings is 1. The number of nitrogens with zero attached hydrogens (tertiary/aromatic N) is 1. The molecule has 4 fully saturated rings. The molecule has 1 spiro atoms. The predicted molar refractivity (Wildman–Crippen MR) is 109 cm³/mol. The van der Waals surface area contributed by atoms with E-state index in [1.54, 1.807) is 25.3 Å². The van der Waals surface area contributed by atoms with Gasteiger partial charge in [0.05, 0.1) is 24.9 Å². The van der Waals surface area contributed by atoms with E-state index >= 15 is 0 Å². The van der Waals surface area contributed by atoms with Crippen LogP contribution in [0, 0.1) is 17.8 Å². The van der Waals surface area contributed by atoms with Crippen LogP contribution < -0.4 is 14.8 Å². The zero-order valence-electron chi connectivity index (χ0n) is 17.8. The summed E-state index contributed by atoms with van der Waals surface area (Å²) in [4.78, 5) is 28.2. The minimum absolute atomic E-state index is 0.000849. The van der Waals surface area contributed by atoms with Crippen LogP contribution in [0.2, 0.25) is 0 Å². The average Bonchev–Trinajstić information content (AvgIpc) is 2.72. The third-order valence-electron chi connectivity index (χ3n) is 7.32. The summed E-state index contributed by atoms with van der Waals surface area (Å²) in [5.74, 6) is 1.71. The topological polar surface area (TPSA) is 77.1 Å². The first-order chi connectivity index (χ1) is 14.4. The third kappa shape index (κ3) is 3.14. The number of methoxy groups -OCH3 is 1. The number of rotatable bonds is 2. The van der Waals surface area contributed by atoms with E-state index in [1.165, 1.54) is 0 Å². The number of amides is 2. The van der Waals surface area contributed by atoms with Crippen LogP contribution in [0.4, 0.5) is 0 Å². The van der Waals surface area contributed by atoms with E-state index in [-0.39, 0.29) is 41.8 Å². The van der Waals surface area contributed by atoms with Gasteiger partial charge in [-0.05, 0) is 51.2 Å². The number of carbonyl (C=O) groups is 2. The predicted octanol–water partition coefficient (Wildman–Crippen LogP) is 2.59. The van der Waals surface area contributed by atoms with Crippen LogP contribution in [0.1, 0.15) is 49.9 Å². The molecule has 5 aliphatic rings. The molecular formula is C23H30N2O5. The second-order valence-corrected chi connectivity index (χ2v) is 9.39. The Morgan fingerprint density at radius 1 is 1.23 bits per heavy atom. The van der Waals surface area contributed by atoms with Crippen molar-refractivity contribution in [1.29, 1.82) is 0 Å². The molecule has 7 heteroatoms. The number of fused-ring (bicyclic) bond motifs is 3. The smallest absolute Gasteiger partial charge is 0.258 e. The summed E-state index contributed by atoms with van der Waals surface area (Å²) >= 11 is 0. The second kappa shape index (κ2) is 7.15. The molecule has 1 aromatic rings. The van der Waals surface area contributed by atoms with E-state index < -0.39 is 5.72 Å². The molecule has 2 amide bonds. The maximum atomic E-state index is 13.4. The lowest BCUT2D eigenvalue weighted by atomic mass is 9.59. The van der Waals surface area contributed by atoms with Crippen LogP contribution in [-0.2, 0) is 9.53 Å². The van der Waals surface area contributed by atoms with Gasteiger partial charge < -0.3 is 24.4 Å². The van der Waals surface area contributed by atoms with E-state index in [1.807, 2.05) is 18.7 Å². The first-order valence-corrected chi connectivity index (χ1v) is 11.0. The molecule has 3 saturated carbocycles. The second-order valence-electron chi connectivity index (χ2n) is 9.39. The van der Waals surface area contributed by atoms with Gasteiger partial charge in [0.15, 0.2) is 5.72 Å². The minimum atomic E-state index is -0.720. The van der Waals surface area contributed by atoms with Gasteiger partial charge in [-0.15, -0.1) is 0 Å². The lowest BCUT2D eigenvalue weighted by Crippen LogP contribution is -2.67. The molecule has 0 radical (unpaired) electrons. The van der Waals surface area contributed by atoms with Crippen LogP contribution in [0.25, 0.3) is 0 Å². The van der Waals surface area contributed by atoms with Gasteiger partial charge in [-0.1, -0.05) is 0 Å². The van der Waals surface area contributed by atoms with Gasteiger partial charge in [-0.25, -0.2) is 0 Å². The van der Waals surface area contributed by atoms with Crippen molar-refractivity contribution in [3.8, 4) is 11.5 Å². The van der Waals surface area contributed by atoms with E-state index in [0.717, 1.165) is 19.3 Å². The molecule has 6 atom stereocenters. The Balaban J connectivity index is 1.36. The summed E-state index contributed by atoms with van der Waals surface area (Å²) in [6.07, 6.45) is 3.52. The fourth-order valence-corrected chi connectivity index (χ4v) is 6.01. The zero-order valence-corrected chi connectivity index (χ0v) is 17.8. The summed E-state index contributed by atoms with van der Waals surface area (Å²) < 4.78 is 17.6. The van der Waals surface area contributed by atoms with Crippen molar-refractivity contribution < 1.29 is 23.8 Å². The molecule has 1 N–H and O–H groups in total. The molecule has 1 aromatic carbocycles. The van der Waals surface area contributed by atoms with Gasteiger partial charge in [-0.3, -0.25) is 9.59 Å². The van der Waals surface area contributed by atoms with E-state index in [9.17, 15) is 9.59 Å². The van der Waals surface area contributed by atoms with Gasteiger partial charge in [0.2, 0.25) is 5.91 Å². The number of ether oxygens (including phenoxy) is 3. The van der Waals surface area contributed by atoms with Crippen LogP contribution >= 0.6 is 0 Å². The summed E-state index contributed by atoms with van der Waals surface area (Å²) in [7, 11) is 1.60. The molecule has 6 rings (SSSR count). The number of nitrogens with one attached hydrogen (secondary N) is 1. The fourth-order valence-electron chi connectivity index (χ4n) is 6.01. The average molecular weight is 415 g/mol. The maximum Gasteiger partial charge on any atom is 0.258 e. The van der Waals surface area contributed by atoms with Crippen molar-refractivity contribution in [2.75, 3.05) is 20.2 Å². The van der Waals surface area contributed by atoms with E-state index in [4.69, 9.17) is 14.2 Å². The Morgan fingerprint density at radius 3 is 2.67 bits per heavy atom. The molecule has 0 aromatic heterocycles. The number of carbonyl (C=O) groups excluding carboxylic acids is 2. The van der Waals surface area contributed by atoms with Crippen LogP contribution in [0.15, 0.2) is 18.2 Å². The lowest BCUT2D eigenvalue weighted by Gasteiger charge is -2.55. The minimum Gasteiger partial charge on any atom is -0.497 e. The van der Waals surface area contributed by atoms with E-state index in [2.05, 4.69) is 5.32 Å². The molecule has 1 saturated heterocycles. The summed E-state index contributed by atoms with van der Waals surface area (Å²) in [6.45, 7) is 5.36. The zero-order chi connectivity index (χ0) is 21.0. The van der Waals surface area contributed by atoms with Crippen molar-refractivity contribution in [3.63, 3.8) is 0 Å². The van der Waals surface area contributed by atoms with E-state index in [0.29, 0.717) is 36.6 Å². The standard InChI is InChI=1S/C23H30N2O5/c1-13-11-25(12-14(2)29-13)22(27)19-8-16-5-4-15(19)10-23(16)24-21(26)18-7-6-17(28-3)9-20(18)30-23/h6-7,9,13-16,19H,4-5,8,10-12H2,1-3H3,(H,24,26). The van der Waals surface area contributed by atoms with Gasteiger partial charge >= 0.3 is 0 Å². The highest BCUT2D eigenvalue weighted by Crippen LogP contribution is 2.53. The number of hydrogen-bond donors (Lipinski definition) is 1. The molecule has 162 valence electrons. The quantitative estimate of drug-likeness (QED) is 0.805. The molecule has 2 bridgehead atoms. The van der Waals surface area contributed by atoms with Crippen LogP contribution in [0.3, 0.4) is 0 Å². The highest BCUT2D eigenvalue weighted by molar-refractivity contribution is 5.98. The lowest BCUT2D eigenvalue weighted by molar-refractivity contribution is -0.164. The Kier molecular flexibility index (Phi) is 4.69. The fraction of sp³-hybridized carbons (Fsp3) is 0.652. The Labute approximate surface area is 177 Å². The summed E-state index contributed by atoms with van der Waals surface area (Å²) in [6, 6.07) is 5.30. The van der Waals surface area contributed by atoms with Crippen LogP contribution in [-0.4, -0.2) is 54.8 Å². The van der Waals surface area contributed by atoms with Crippen molar-refractivity contribution >= 4 is 11.8 Å². The molecule has 3 aliphatic carbocycles. The molecule has 6 unspecified atom stereocenters. The highest BCUT2D eigenvalue weighted by atomic mass is 16.5. The molecule has 2 aliphatic heterocycles. The number of hydrogen-bond acceptors (Lipinski definition) is 5. The van der Waals surface area contributed by atoms with Crippen molar-refractivity contribution in [2.45, 2.75) is 57.5 Å². The molecule has 30 heavy (non-hydrogen) atoms. The van der Waals surface area contributed by atoms with Crippen LogP contribution in [0.5, 0.6) is 11.5 Å². The summed E-state index contributed by atoms with van der Waals surface area (Å²) in [5.41, 5.74) is -0.186. The van der Waals surface area contributed by atoms with Gasteiger partial charge in [0.1, 0.15) is 11.5 Å². The van der Waals surface area contributed by atoms with Gasteiger partial charge in [0, 0.05) is 37.4 Å². The van der Waals surface area contributed by atoms with Crippen molar-refractivity contribution in [1.82, 2.24) is 10.2 Å². The summed E-state index contributed by atoms with van der Waals surface area (Å²) in [5, 5.41) is 3.16. The SMILES string of the molecule is COc1ccc2c(c1)OC1(CC3CCC1CC3C(=O)N1CC(C)OC(C)C1)NC2=O. The normalized spacial score (nSPS) is 37.4. The number of morpholine rings is 1. The van der Waals surface area contributed by atoms with Crippen molar-refractivity contribution in [3.05, 3.63) is 23.8 Å². The first-order valence-electron chi connectivity index (χ1n) is 11.0. The molecule has 2 heterocycles. The first kappa shape index (κ1) is 19.7. The van der Waals surface area contributed by atoms with Crippen molar-refractivity contribution in [2.24, 2.45) is 17.8 Å². The Morgan fingerprint density at radius 2 is 2.00 bits per heavy atom. The molecular weight excluding hydrogens is 384 g/mol. The molecule has 7 nitrogen and oxygen atoms in total. The van der Waals surface area contributed by atoms with Gasteiger partial charge in [-0.2, -0.15) is 0 Å². The highest BCUT2D eigenvalue weighted by Gasteiger charge is 2.57. The van der Waals surface area contributed by atoms with Gasteiger partial charge in [0.25, 0.3) is 5.91 Å². The monoisotopic (exact) mass is 414 g/mol. The largest absolute Gasteiger partial charge is 0.497 e. The Hall–Kier alpha value is -2.28. The third-order valence-corrected chi connectivity index (χ3v) is 7.32. The maximum absolute atomic E-state index is 13.4. The Bertz CT molecular complexity index is 863.